The molecule has 0 rings (SSSR count). The summed E-state index contributed by atoms with van der Waals surface area (Å²) in [4.78, 5) is 0. The molecule has 92 valence electrons. The Morgan fingerprint density at radius 3 is 2.27 bits per heavy atom. The van der Waals surface area contributed by atoms with E-state index in [4.69, 9.17) is 10.8 Å². The van der Waals surface area contributed by atoms with Gasteiger partial charge in [0.2, 0.25) is 0 Å². The van der Waals surface area contributed by atoms with Gasteiger partial charge in [-0.1, -0.05) is 13.8 Å². The molecular weight excluding hydrogens is 208 g/mol. The third kappa shape index (κ3) is 5.76. The molecule has 0 bridgehead atoms. The van der Waals surface area contributed by atoms with E-state index in [0.717, 1.165) is 13.1 Å². The van der Waals surface area contributed by atoms with Crippen LogP contribution >= 0.6 is 11.8 Å². The summed E-state index contributed by atoms with van der Waals surface area (Å²) < 4.78 is 0. The molecule has 3 nitrogen and oxygen atoms in total. The van der Waals surface area contributed by atoms with E-state index < -0.39 is 0 Å². The Balaban J connectivity index is 3.91. The molecule has 0 aromatic heterocycles. The van der Waals surface area contributed by atoms with Crippen LogP contribution in [0.1, 0.15) is 20.8 Å². The van der Waals surface area contributed by atoms with Crippen molar-refractivity contribution in [2.45, 2.75) is 32.1 Å². The van der Waals surface area contributed by atoms with Crippen LogP contribution in [0.2, 0.25) is 0 Å². The Bertz CT molecular complexity index is 152. The second kappa shape index (κ2) is 8.39. The second-order valence-corrected chi connectivity index (χ2v) is 5.47. The molecule has 0 heterocycles. The van der Waals surface area contributed by atoms with E-state index in [-0.39, 0.29) is 11.9 Å². The van der Waals surface area contributed by atoms with Crippen LogP contribution in [0.3, 0.4) is 0 Å². The van der Waals surface area contributed by atoms with Crippen molar-refractivity contribution in [1.82, 2.24) is 5.32 Å². The Kier molecular flexibility index (Phi) is 8.52. The number of nitrogens with one attached hydrogen (secondary N) is 1. The van der Waals surface area contributed by atoms with Crippen molar-refractivity contribution in [1.29, 1.82) is 0 Å². The van der Waals surface area contributed by atoms with Gasteiger partial charge in [-0.05, 0) is 38.1 Å². The maximum Gasteiger partial charge on any atom is 0.0564 e. The Morgan fingerprint density at radius 1 is 1.33 bits per heavy atom. The number of rotatable bonds is 8. The van der Waals surface area contributed by atoms with E-state index >= 15 is 0 Å². The zero-order valence-electron chi connectivity index (χ0n) is 10.4. The minimum Gasteiger partial charge on any atom is -0.395 e. The molecule has 0 spiro atoms. The van der Waals surface area contributed by atoms with Crippen LogP contribution < -0.4 is 11.1 Å². The van der Waals surface area contributed by atoms with Crippen molar-refractivity contribution >= 4 is 11.8 Å². The van der Waals surface area contributed by atoms with Gasteiger partial charge in [0.1, 0.15) is 0 Å². The fourth-order valence-electron chi connectivity index (χ4n) is 1.50. The van der Waals surface area contributed by atoms with Crippen molar-refractivity contribution in [3.8, 4) is 0 Å². The molecular formula is C11H26N2OS. The lowest BCUT2D eigenvalue weighted by Gasteiger charge is -2.26. The number of hydrogen-bond donors (Lipinski definition) is 3. The molecule has 0 aliphatic carbocycles. The summed E-state index contributed by atoms with van der Waals surface area (Å²) in [6.07, 6.45) is 2.03. The SMILES string of the molecule is CSC(CO)C(C)NCC(CN)C(C)C. The molecule has 0 saturated heterocycles. The highest BCUT2D eigenvalue weighted by atomic mass is 32.2. The maximum absolute atomic E-state index is 9.14. The molecule has 4 N–H and O–H groups in total. The summed E-state index contributed by atoms with van der Waals surface area (Å²) >= 11 is 1.70. The van der Waals surface area contributed by atoms with Gasteiger partial charge in [-0.2, -0.15) is 11.8 Å². The molecule has 15 heavy (non-hydrogen) atoms. The zero-order valence-corrected chi connectivity index (χ0v) is 11.2. The van der Waals surface area contributed by atoms with Gasteiger partial charge in [0.15, 0.2) is 0 Å². The summed E-state index contributed by atoms with van der Waals surface area (Å²) in [5.41, 5.74) is 5.71. The minimum atomic E-state index is 0.226. The maximum atomic E-state index is 9.14. The first-order valence-corrected chi connectivity index (χ1v) is 6.92. The van der Waals surface area contributed by atoms with Crippen LogP contribution in [-0.4, -0.2) is 42.4 Å². The first-order valence-electron chi connectivity index (χ1n) is 5.63. The van der Waals surface area contributed by atoms with E-state index in [1.54, 1.807) is 11.8 Å². The van der Waals surface area contributed by atoms with Gasteiger partial charge in [-0.3, -0.25) is 0 Å². The van der Waals surface area contributed by atoms with Gasteiger partial charge >= 0.3 is 0 Å². The van der Waals surface area contributed by atoms with Crippen LogP contribution in [-0.2, 0) is 0 Å². The van der Waals surface area contributed by atoms with Crippen molar-refractivity contribution in [2.75, 3.05) is 26.0 Å². The first kappa shape index (κ1) is 15.2. The van der Waals surface area contributed by atoms with E-state index in [1.165, 1.54) is 0 Å². The number of nitrogens with two attached hydrogens (primary N) is 1. The third-order valence-electron chi connectivity index (χ3n) is 2.99. The van der Waals surface area contributed by atoms with Gasteiger partial charge < -0.3 is 16.2 Å². The van der Waals surface area contributed by atoms with Gasteiger partial charge in [0.05, 0.1) is 6.61 Å². The number of thioether (sulfide) groups is 1. The topological polar surface area (TPSA) is 58.3 Å². The number of aliphatic hydroxyl groups is 1. The van der Waals surface area contributed by atoms with Crippen LogP contribution in [0.15, 0.2) is 0 Å². The predicted octanol–water partition coefficient (Wildman–Crippen LogP) is 0.919. The molecule has 0 aliphatic rings. The predicted molar refractivity (Wildman–Crippen MR) is 69.2 cm³/mol. The molecule has 0 radical (unpaired) electrons. The highest BCUT2D eigenvalue weighted by molar-refractivity contribution is 7.99. The molecule has 0 aromatic carbocycles. The third-order valence-corrected chi connectivity index (χ3v) is 4.15. The summed E-state index contributed by atoms with van der Waals surface area (Å²) in [6.45, 7) is 8.40. The largest absolute Gasteiger partial charge is 0.395 e. The van der Waals surface area contributed by atoms with Crippen molar-refractivity contribution in [3.05, 3.63) is 0 Å². The lowest BCUT2D eigenvalue weighted by molar-refractivity contribution is 0.268. The van der Waals surface area contributed by atoms with Gasteiger partial charge in [-0.15, -0.1) is 0 Å². The fraction of sp³-hybridized carbons (Fsp3) is 1.00. The smallest absolute Gasteiger partial charge is 0.0564 e. The van der Waals surface area contributed by atoms with Gasteiger partial charge in [-0.25, -0.2) is 0 Å². The molecule has 0 amide bonds. The molecule has 0 aliphatic heterocycles. The van der Waals surface area contributed by atoms with Crippen LogP contribution in [0.5, 0.6) is 0 Å². The summed E-state index contributed by atoms with van der Waals surface area (Å²) in [5.74, 6) is 1.13. The molecule has 0 saturated carbocycles. The fourth-order valence-corrected chi connectivity index (χ4v) is 2.15. The highest BCUT2D eigenvalue weighted by Gasteiger charge is 2.17. The Morgan fingerprint density at radius 2 is 1.93 bits per heavy atom. The normalized spacial score (nSPS) is 17.8. The van der Waals surface area contributed by atoms with E-state index in [2.05, 4.69) is 26.1 Å². The highest BCUT2D eigenvalue weighted by Crippen LogP contribution is 2.12. The van der Waals surface area contributed by atoms with Crippen LogP contribution in [0, 0.1) is 11.8 Å². The van der Waals surface area contributed by atoms with Gasteiger partial charge in [0, 0.05) is 11.3 Å². The van der Waals surface area contributed by atoms with Crippen molar-refractivity contribution in [3.63, 3.8) is 0 Å². The number of aliphatic hydroxyl groups excluding tert-OH is 1. The second-order valence-electron chi connectivity index (χ2n) is 4.39. The average Bonchev–Trinajstić information content (AvgIpc) is 2.20. The van der Waals surface area contributed by atoms with Crippen LogP contribution in [0.4, 0.5) is 0 Å². The first-order chi connectivity index (χ1) is 7.06. The standard InChI is InChI=1S/C11H26N2OS/c1-8(2)10(5-12)6-13-9(3)11(7-14)15-4/h8-11,13-14H,5-7,12H2,1-4H3. The van der Waals surface area contributed by atoms with Gasteiger partial charge in [0.25, 0.3) is 0 Å². The molecule has 3 unspecified atom stereocenters. The Hall–Kier alpha value is 0.230. The van der Waals surface area contributed by atoms with Crippen LogP contribution in [0.25, 0.3) is 0 Å². The lowest BCUT2D eigenvalue weighted by Crippen LogP contribution is -2.42. The zero-order chi connectivity index (χ0) is 11.8. The summed E-state index contributed by atoms with van der Waals surface area (Å²) in [7, 11) is 0. The summed E-state index contributed by atoms with van der Waals surface area (Å²) in [6, 6.07) is 0.331. The van der Waals surface area contributed by atoms with E-state index in [9.17, 15) is 0 Å². The quantitative estimate of drug-likeness (QED) is 0.584. The molecule has 3 atom stereocenters. The van der Waals surface area contributed by atoms with E-state index in [1.807, 2.05) is 6.26 Å². The number of hydrogen-bond acceptors (Lipinski definition) is 4. The monoisotopic (exact) mass is 234 g/mol. The van der Waals surface area contributed by atoms with Crippen molar-refractivity contribution in [2.24, 2.45) is 17.6 Å². The minimum absolute atomic E-state index is 0.226. The van der Waals surface area contributed by atoms with Crippen molar-refractivity contribution < 1.29 is 5.11 Å². The van der Waals surface area contributed by atoms with E-state index in [0.29, 0.717) is 17.9 Å². The average molecular weight is 234 g/mol. The lowest BCUT2D eigenvalue weighted by atomic mass is 9.96. The molecule has 4 heteroatoms. The summed E-state index contributed by atoms with van der Waals surface area (Å²) in [5, 5.41) is 12.9. The molecule has 0 aromatic rings. The molecule has 0 fully saturated rings. The Labute approximate surface area is 98.2 Å².